The molecule has 1 aromatic carbocycles. The zero-order valence-electron chi connectivity index (χ0n) is 14.8. The van der Waals surface area contributed by atoms with E-state index in [0.717, 1.165) is 4.31 Å². The number of furan rings is 1. The standard InChI is InChI=1S/C17H19N3O5S/c1-11(2)23-13-7-5-6-12(10-13)16-18-17(25-19-16)14-8-9-15(24-14)26(21,22)20(3)4/h5-11H,1-4H3. The van der Waals surface area contributed by atoms with Crippen molar-refractivity contribution in [1.29, 1.82) is 0 Å². The van der Waals surface area contributed by atoms with Crippen LogP contribution in [0.25, 0.3) is 23.0 Å². The summed E-state index contributed by atoms with van der Waals surface area (Å²) in [6.45, 7) is 3.88. The molecule has 0 radical (unpaired) electrons. The third-order valence-corrected chi connectivity index (χ3v) is 5.11. The first-order valence-electron chi connectivity index (χ1n) is 7.91. The van der Waals surface area contributed by atoms with E-state index in [1.54, 1.807) is 6.07 Å². The largest absolute Gasteiger partial charge is 0.491 e. The SMILES string of the molecule is CC(C)Oc1cccc(-c2noc(-c3ccc(S(=O)(=O)N(C)C)o3)n2)c1. The molecule has 2 aromatic heterocycles. The highest BCUT2D eigenvalue weighted by Crippen LogP contribution is 2.28. The quantitative estimate of drug-likeness (QED) is 0.651. The summed E-state index contributed by atoms with van der Waals surface area (Å²) in [5.74, 6) is 1.32. The molecule has 138 valence electrons. The van der Waals surface area contributed by atoms with E-state index in [9.17, 15) is 8.42 Å². The Hall–Kier alpha value is -2.65. The molecule has 9 heteroatoms. The van der Waals surface area contributed by atoms with Crippen molar-refractivity contribution in [2.24, 2.45) is 0 Å². The molecular weight excluding hydrogens is 358 g/mol. The maximum absolute atomic E-state index is 12.1. The van der Waals surface area contributed by atoms with Gasteiger partial charge in [0.25, 0.3) is 15.9 Å². The summed E-state index contributed by atoms with van der Waals surface area (Å²) in [4.78, 5) is 4.28. The van der Waals surface area contributed by atoms with Crippen LogP contribution in [-0.2, 0) is 10.0 Å². The summed E-state index contributed by atoms with van der Waals surface area (Å²) in [5.41, 5.74) is 0.714. The Morgan fingerprint density at radius 3 is 2.62 bits per heavy atom. The minimum Gasteiger partial charge on any atom is -0.491 e. The Balaban J connectivity index is 1.88. The maximum Gasteiger partial charge on any atom is 0.293 e. The Morgan fingerprint density at radius 2 is 1.92 bits per heavy atom. The lowest BCUT2D eigenvalue weighted by Crippen LogP contribution is -2.21. The molecule has 0 amide bonds. The summed E-state index contributed by atoms with van der Waals surface area (Å²) in [7, 11) is -0.816. The highest BCUT2D eigenvalue weighted by atomic mass is 32.2. The molecule has 3 rings (SSSR count). The molecule has 0 fully saturated rings. The molecule has 0 aliphatic carbocycles. The highest BCUT2D eigenvalue weighted by molar-refractivity contribution is 7.88. The van der Waals surface area contributed by atoms with Crippen LogP contribution >= 0.6 is 0 Å². The van der Waals surface area contributed by atoms with Gasteiger partial charge in [0.15, 0.2) is 5.76 Å². The molecule has 0 unspecified atom stereocenters. The van der Waals surface area contributed by atoms with Crippen molar-refractivity contribution in [1.82, 2.24) is 14.4 Å². The van der Waals surface area contributed by atoms with Crippen molar-refractivity contribution in [3.05, 3.63) is 36.4 Å². The first-order chi connectivity index (χ1) is 12.3. The van der Waals surface area contributed by atoms with Gasteiger partial charge in [-0.05, 0) is 38.1 Å². The summed E-state index contributed by atoms with van der Waals surface area (Å²) < 4.78 is 41.5. The van der Waals surface area contributed by atoms with Gasteiger partial charge in [0.05, 0.1) is 6.10 Å². The second-order valence-corrected chi connectivity index (χ2v) is 8.11. The fraction of sp³-hybridized carbons (Fsp3) is 0.294. The summed E-state index contributed by atoms with van der Waals surface area (Å²) in [5, 5.41) is 3.74. The average Bonchev–Trinajstić information content (AvgIpc) is 3.24. The number of benzene rings is 1. The van der Waals surface area contributed by atoms with E-state index in [1.807, 2.05) is 32.0 Å². The first kappa shape index (κ1) is 18.2. The monoisotopic (exact) mass is 377 g/mol. The number of ether oxygens (including phenoxy) is 1. The minimum absolute atomic E-state index is 0.0475. The van der Waals surface area contributed by atoms with Crippen LogP contribution in [0, 0.1) is 0 Å². The molecule has 0 atom stereocenters. The van der Waals surface area contributed by atoms with Gasteiger partial charge in [-0.15, -0.1) is 0 Å². The summed E-state index contributed by atoms with van der Waals surface area (Å²) >= 11 is 0. The Kier molecular flexibility index (Phi) is 4.84. The van der Waals surface area contributed by atoms with E-state index >= 15 is 0 Å². The zero-order chi connectivity index (χ0) is 18.9. The fourth-order valence-corrected chi connectivity index (χ4v) is 2.97. The third kappa shape index (κ3) is 3.63. The lowest BCUT2D eigenvalue weighted by atomic mass is 10.2. The van der Waals surface area contributed by atoms with Gasteiger partial charge in [0.2, 0.25) is 10.9 Å². The Labute approximate surface area is 151 Å². The lowest BCUT2D eigenvalue weighted by Gasteiger charge is -2.09. The molecule has 0 spiro atoms. The molecule has 3 aromatic rings. The second kappa shape index (κ2) is 6.93. The predicted octanol–water partition coefficient (Wildman–Crippen LogP) is 3.03. The van der Waals surface area contributed by atoms with Crippen LogP contribution in [-0.4, -0.2) is 43.1 Å². The van der Waals surface area contributed by atoms with Crippen molar-refractivity contribution in [3.63, 3.8) is 0 Å². The second-order valence-electron chi connectivity index (χ2n) is 6.02. The molecule has 0 N–H and O–H groups in total. The maximum atomic E-state index is 12.1. The molecule has 0 saturated heterocycles. The van der Waals surface area contributed by atoms with Crippen molar-refractivity contribution in [2.45, 2.75) is 25.0 Å². The zero-order valence-corrected chi connectivity index (χ0v) is 15.6. The Morgan fingerprint density at radius 1 is 1.15 bits per heavy atom. The summed E-state index contributed by atoms with van der Waals surface area (Å²) in [6.07, 6.45) is 0.0475. The first-order valence-corrected chi connectivity index (χ1v) is 9.35. The highest BCUT2D eigenvalue weighted by Gasteiger charge is 2.23. The Bertz CT molecular complexity index is 1000. The average molecular weight is 377 g/mol. The van der Waals surface area contributed by atoms with Crippen molar-refractivity contribution in [2.75, 3.05) is 14.1 Å². The van der Waals surface area contributed by atoms with Gasteiger partial charge in [-0.2, -0.15) is 4.98 Å². The molecular formula is C17H19N3O5S. The van der Waals surface area contributed by atoms with Crippen LogP contribution in [0.15, 0.2) is 50.4 Å². The smallest absolute Gasteiger partial charge is 0.293 e. The van der Waals surface area contributed by atoms with Gasteiger partial charge in [0.1, 0.15) is 5.75 Å². The van der Waals surface area contributed by atoms with E-state index in [-0.39, 0.29) is 22.8 Å². The molecule has 26 heavy (non-hydrogen) atoms. The van der Waals surface area contributed by atoms with E-state index in [4.69, 9.17) is 13.7 Å². The molecule has 0 aliphatic rings. The number of hydrogen-bond acceptors (Lipinski definition) is 7. The fourth-order valence-electron chi connectivity index (χ4n) is 2.18. The normalized spacial score (nSPS) is 12.1. The molecule has 0 saturated carbocycles. The van der Waals surface area contributed by atoms with Crippen LogP contribution in [0.2, 0.25) is 0 Å². The minimum atomic E-state index is -3.67. The van der Waals surface area contributed by atoms with E-state index in [2.05, 4.69) is 10.1 Å². The number of sulfonamides is 1. The molecule has 0 bridgehead atoms. The van der Waals surface area contributed by atoms with Gasteiger partial charge >= 0.3 is 0 Å². The van der Waals surface area contributed by atoms with Crippen LogP contribution in [0.5, 0.6) is 5.75 Å². The van der Waals surface area contributed by atoms with Crippen LogP contribution in [0.4, 0.5) is 0 Å². The van der Waals surface area contributed by atoms with E-state index in [1.165, 1.54) is 26.2 Å². The number of nitrogens with zero attached hydrogens (tertiary/aromatic N) is 3. The van der Waals surface area contributed by atoms with Crippen molar-refractivity contribution < 1.29 is 22.1 Å². The number of aromatic nitrogens is 2. The van der Waals surface area contributed by atoms with Crippen LogP contribution < -0.4 is 4.74 Å². The number of rotatable bonds is 6. The predicted molar refractivity (Wildman–Crippen MR) is 94.1 cm³/mol. The molecule has 2 heterocycles. The van der Waals surface area contributed by atoms with Crippen LogP contribution in [0.1, 0.15) is 13.8 Å². The van der Waals surface area contributed by atoms with Crippen molar-refractivity contribution in [3.8, 4) is 28.8 Å². The van der Waals surface area contributed by atoms with Gasteiger partial charge in [-0.1, -0.05) is 17.3 Å². The molecule has 8 nitrogen and oxygen atoms in total. The number of hydrogen-bond donors (Lipinski definition) is 0. The van der Waals surface area contributed by atoms with Gasteiger partial charge in [-0.25, -0.2) is 12.7 Å². The van der Waals surface area contributed by atoms with Gasteiger partial charge < -0.3 is 13.7 Å². The van der Waals surface area contributed by atoms with Gasteiger partial charge in [-0.3, -0.25) is 0 Å². The molecule has 0 aliphatic heterocycles. The van der Waals surface area contributed by atoms with Crippen molar-refractivity contribution >= 4 is 10.0 Å². The van der Waals surface area contributed by atoms with E-state index in [0.29, 0.717) is 17.1 Å². The van der Waals surface area contributed by atoms with E-state index < -0.39 is 10.0 Å². The van der Waals surface area contributed by atoms with Crippen LogP contribution in [0.3, 0.4) is 0 Å². The lowest BCUT2D eigenvalue weighted by molar-refractivity contribution is 0.242. The third-order valence-electron chi connectivity index (χ3n) is 3.42. The van der Waals surface area contributed by atoms with Gasteiger partial charge in [0, 0.05) is 19.7 Å². The summed E-state index contributed by atoms with van der Waals surface area (Å²) in [6, 6.07) is 10.1. The topological polar surface area (TPSA) is 98.7 Å².